The van der Waals surface area contributed by atoms with Gasteiger partial charge in [-0.15, -0.1) is 4.67 Å². The maximum Gasteiger partial charge on any atom is 0.464 e. The van der Waals surface area contributed by atoms with Crippen LogP contribution in [0.1, 0.15) is 137 Å². The molecule has 0 rings (SSSR count). The average molecular weight is 539 g/mol. The lowest BCUT2D eigenvalue weighted by atomic mass is 10.1. The molecular formula is C27H55O6PS. The molecule has 210 valence electrons. The van der Waals surface area contributed by atoms with Gasteiger partial charge in [-0.05, 0) is 38.9 Å². The molecule has 8 heteroatoms. The van der Waals surface area contributed by atoms with E-state index in [1.54, 1.807) is 6.92 Å². The Bertz CT molecular complexity index is 534. The van der Waals surface area contributed by atoms with Crippen molar-refractivity contribution in [2.45, 2.75) is 149 Å². The van der Waals surface area contributed by atoms with Crippen molar-refractivity contribution in [2.75, 3.05) is 19.0 Å². The molecule has 0 bridgehead atoms. The third kappa shape index (κ3) is 18.8. The van der Waals surface area contributed by atoms with E-state index in [1.165, 1.54) is 83.5 Å². The summed E-state index contributed by atoms with van der Waals surface area (Å²) >= 11 is 1.90. The van der Waals surface area contributed by atoms with Crippen LogP contribution in [0.15, 0.2) is 0 Å². The second-order valence-corrected chi connectivity index (χ2v) is 12.5. The molecule has 0 aliphatic heterocycles. The van der Waals surface area contributed by atoms with Crippen molar-refractivity contribution < 1.29 is 28.2 Å². The lowest BCUT2D eigenvalue weighted by molar-refractivity contribution is -0.245. The molecule has 0 aromatic rings. The molecule has 0 saturated heterocycles. The minimum absolute atomic E-state index is 0.103. The molecule has 0 aliphatic rings. The van der Waals surface area contributed by atoms with Gasteiger partial charge in [-0.3, -0.25) is 4.52 Å². The molecule has 0 fully saturated rings. The van der Waals surface area contributed by atoms with E-state index in [-0.39, 0.29) is 24.6 Å². The maximum absolute atomic E-state index is 12.9. The molecule has 3 unspecified atom stereocenters. The largest absolute Gasteiger partial charge is 0.464 e. The van der Waals surface area contributed by atoms with Crippen LogP contribution < -0.4 is 0 Å². The van der Waals surface area contributed by atoms with Gasteiger partial charge in [-0.25, -0.2) is 14.2 Å². The highest BCUT2D eigenvalue weighted by atomic mass is 32.2. The number of rotatable bonds is 26. The predicted octanol–water partition coefficient (Wildman–Crippen LogP) is 10.1. The summed E-state index contributed by atoms with van der Waals surface area (Å²) in [5.41, 5.74) is -0.987. The van der Waals surface area contributed by atoms with E-state index >= 15 is 0 Å². The third-order valence-corrected chi connectivity index (χ3v) is 8.90. The molecule has 0 radical (unpaired) electrons. The second-order valence-electron chi connectivity index (χ2n) is 9.35. The Balaban J connectivity index is 4.61. The van der Waals surface area contributed by atoms with E-state index < -0.39 is 13.3 Å². The number of hydrogen-bond acceptors (Lipinski definition) is 7. The van der Waals surface area contributed by atoms with Gasteiger partial charge >= 0.3 is 13.3 Å². The Labute approximate surface area is 220 Å². The highest BCUT2D eigenvalue weighted by Gasteiger charge is 2.39. The molecule has 0 aromatic carbocycles. The number of carbonyl (C=O) groups is 1. The van der Waals surface area contributed by atoms with Crippen LogP contribution in [0.2, 0.25) is 0 Å². The number of thioether (sulfide) groups is 1. The van der Waals surface area contributed by atoms with Gasteiger partial charge in [0.15, 0.2) is 0 Å². The number of unbranched alkanes of at least 4 members (excludes halogenated alkanes) is 12. The summed E-state index contributed by atoms with van der Waals surface area (Å²) in [6.45, 7) is 10.2. The summed E-state index contributed by atoms with van der Waals surface area (Å²) in [6.07, 6.45) is 19.3. The van der Waals surface area contributed by atoms with Crippen molar-refractivity contribution in [1.82, 2.24) is 0 Å². The van der Waals surface area contributed by atoms with Gasteiger partial charge in [0.05, 0.1) is 13.2 Å². The predicted molar refractivity (Wildman–Crippen MR) is 149 cm³/mol. The smallest absolute Gasteiger partial charge is 0.457 e. The van der Waals surface area contributed by atoms with Crippen LogP contribution in [-0.2, 0) is 23.4 Å². The third-order valence-electron chi connectivity index (χ3n) is 5.95. The van der Waals surface area contributed by atoms with Crippen LogP contribution >= 0.6 is 19.4 Å². The van der Waals surface area contributed by atoms with Crippen molar-refractivity contribution in [2.24, 2.45) is 0 Å². The molecule has 35 heavy (non-hydrogen) atoms. The Morgan fingerprint density at radius 1 is 0.771 bits per heavy atom. The van der Waals surface area contributed by atoms with Crippen LogP contribution in [0, 0.1) is 0 Å². The zero-order valence-corrected chi connectivity index (χ0v) is 25.1. The fourth-order valence-corrected chi connectivity index (χ4v) is 6.25. The van der Waals surface area contributed by atoms with Gasteiger partial charge in [0.25, 0.3) is 0 Å². The van der Waals surface area contributed by atoms with Crippen LogP contribution in [0.5, 0.6) is 0 Å². The summed E-state index contributed by atoms with van der Waals surface area (Å²) < 4.78 is 28.2. The van der Waals surface area contributed by atoms with Crippen molar-refractivity contribution in [1.29, 1.82) is 0 Å². The summed E-state index contributed by atoms with van der Waals surface area (Å²) in [5.74, 6) is 1.07. The highest BCUT2D eigenvalue weighted by molar-refractivity contribution is 7.99. The van der Waals surface area contributed by atoms with Crippen LogP contribution in [-0.4, -0.2) is 36.0 Å². The molecule has 6 nitrogen and oxygen atoms in total. The number of carbonyl (C=O) groups excluding carboxylic acids is 1. The maximum atomic E-state index is 12.9. The second kappa shape index (κ2) is 24.3. The Kier molecular flexibility index (Phi) is 24.2. The lowest BCUT2D eigenvalue weighted by Crippen LogP contribution is -2.25. The zero-order chi connectivity index (χ0) is 26.2. The van der Waals surface area contributed by atoms with E-state index in [9.17, 15) is 9.36 Å². The molecule has 0 aliphatic carbocycles. The first-order valence-electron chi connectivity index (χ1n) is 14.3. The van der Waals surface area contributed by atoms with Gasteiger partial charge in [-0.1, -0.05) is 104 Å². The van der Waals surface area contributed by atoms with Gasteiger partial charge < -0.3 is 4.74 Å². The van der Waals surface area contributed by atoms with Gasteiger partial charge in [0.1, 0.15) is 6.10 Å². The monoisotopic (exact) mass is 538 g/mol. The highest BCUT2D eigenvalue weighted by Crippen LogP contribution is 2.51. The normalized spacial score (nSPS) is 15.0. The van der Waals surface area contributed by atoms with E-state index in [2.05, 4.69) is 13.8 Å². The first kappa shape index (κ1) is 34.9. The summed E-state index contributed by atoms with van der Waals surface area (Å²) in [5, 5.41) is 0.215. The molecule has 0 aromatic heterocycles. The molecule has 0 saturated carbocycles. The van der Waals surface area contributed by atoms with Gasteiger partial charge in [-0.2, -0.15) is 11.8 Å². The van der Waals surface area contributed by atoms with Crippen LogP contribution in [0.4, 0.5) is 4.79 Å². The van der Waals surface area contributed by atoms with Crippen LogP contribution in [0.25, 0.3) is 0 Å². The zero-order valence-electron chi connectivity index (χ0n) is 23.4. The summed E-state index contributed by atoms with van der Waals surface area (Å²) in [4.78, 5) is 17.7. The number of ether oxygens (including phenoxy) is 1. The SMILES string of the molecule is CCCCCCCCCCCSC(CCCCCCC)C(C)OOP(=O)(OCCC)C(=O)OCC. The minimum Gasteiger partial charge on any atom is -0.457 e. The first-order valence-corrected chi connectivity index (χ1v) is 16.9. The Morgan fingerprint density at radius 3 is 1.86 bits per heavy atom. The fourth-order valence-electron chi connectivity index (χ4n) is 3.76. The van der Waals surface area contributed by atoms with Crippen molar-refractivity contribution in [3.63, 3.8) is 0 Å². The quantitative estimate of drug-likeness (QED) is 0.0469. The van der Waals surface area contributed by atoms with Crippen molar-refractivity contribution >= 4 is 25.1 Å². The van der Waals surface area contributed by atoms with E-state index in [0.717, 1.165) is 18.6 Å². The molecule has 3 atom stereocenters. The summed E-state index contributed by atoms with van der Waals surface area (Å²) in [6, 6.07) is 0. The van der Waals surface area contributed by atoms with E-state index in [0.29, 0.717) is 6.42 Å². The molecule has 0 amide bonds. The molecule has 0 spiro atoms. The number of hydrogen-bond donors (Lipinski definition) is 0. The Hall–Kier alpha value is -0.0700. The summed E-state index contributed by atoms with van der Waals surface area (Å²) in [7, 11) is -4.13. The van der Waals surface area contributed by atoms with Gasteiger partial charge in [0, 0.05) is 5.25 Å². The van der Waals surface area contributed by atoms with Crippen molar-refractivity contribution in [3.8, 4) is 0 Å². The fraction of sp³-hybridized carbons (Fsp3) is 0.963. The van der Waals surface area contributed by atoms with Crippen LogP contribution in [0.3, 0.4) is 0 Å². The average Bonchev–Trinajstić information content (AvgIpc) is 2.85. The standard InChI is InChI=1S/C27H55O6PS/c1-6-10-12-14-15-16-17-19-21-24-35-26(22-20-18-13-11-7-2)25(5)32-33-34(29,31-23-8-3)27(28)30-9-4/h25-26H,6-24H2,1-5H3. The van der Waals surface area contributed by atoms with E-state index in [4.69, 9.17) is 18.8 Å². The Morgan fingerprint density at radius 2 is 1.31 bits per heavy atom. The lowest BCUT2D eigenvalue weighted by Gasteiger charge is -2.24. The first-order chi connectivity index (χ1) is 16.9. The minimum atomic E-state index is -4.13. The molecule has 0 N–H and O–H groups in total. The van der Waals surface area contributed by atoms with E-state index in [1.807, 2.05) is 25.6 Å². The molecular weight excluding hydrogens is 483 g/mol. The van der Waals surface area contributed by atoms with Crippen molar-refractivity contribution in [3.05, 3.63) is 0 Å². The topological polar surface area (TPSA) is 71.1 Å². The molecule has 0 heterocycles. The van der Waals surface area contributed by atoms with Gasteiger partial charge in [0.2, 0.25) is 0 Å².